The van der Waals surface area contributed by atoms with Crippen molar-refractivity contribution in [2.24, 2.45) is 10.9 Å². The van der Waals surface area contributed by atoms with Gasteiger partial charge in [0.25, 0.3) is 0 Å². The molecule has 1 N–H and O–H groups in total. The summed E-state index contributed by atoms with van der Waals surface area (Å²) in [4.78, 5) is 18.7. The van der Waals surface area contributed by atoms with Crippen molar-refractivity contribution in [3.05, 3.63) is 0 Å². The highest BCUT2D eigenvalue weighted by molar-refractivity contribution is 14.0. The number of aliphatic imine (C=N–C) groups is 1. The van der Waals surface area contributed by atoms with E-state index in [0.717, 1.165) is 70.4 Å². The first kappa shape index (κ1) is 28.4. The number of hydrogen-bond acceptors (Lipinski definition) is 4. The molecule has 0 amide bonds. The molecule has 0 spiro atoms. The minimum atomic E-state index is -0.384. The van der Waals surface area contributed by atoms with Gasteiger partial charge in [-0.3, -0.25) is 9.79 Å². The third-order valence-electron chi connectivity index (χ3n) is 4.88. The van der Waals surface area contributed by atoms with Crippen LogP contribution in [0.1, 0.15) is 79.1 Å². The van der Waals surface area contributed by atoms with Gasteiger partial charge in [-0.25, -0.2) is 0 Å². The van der Waals surface area contributed by atoms with Gasteiger partial charge in [0.1, 0.15) is 5.60 Å². The van der Waals surface area contributed by atoms with Gasteiger partial charge in [0, 0.05) is 46.3 Å². The zero-order chi connectivity index (χ0) is 20.8. The van der Waals surface area contributed by atoms with E-state index in [1.165, 1.54) is 19.3 Å². The molecule has 1 saturated heterocycles. The number of carbonyl (C=O) groups is 1. The number of nitrogens with zero attached hydrogens (tertiary/aromatic N) is 2. The predicted octanol–water partition coefficient (Wildman–Crippen LogP) is 4.61. The summed E-state index contributed by atoms with van der Waals surface area (Å²) < 4.78 is 10.8. The molecule has 0 aromatic rings. The van der Waals surface area contributed by atoms with Crippen molar-refractivity contribution in [2.75, 3.05) is 39.9 Å². The summed E-state index contributed by atoms with van der Waals surface area (Å²) in [5.74, 6) is 1.69. The van der Waals surface area contributed by atoms with Gasteiger partial charge in [-0.15, -0.1) is 24.0 Å². The Balaban J connectivity index is 0.00000784. The monoisotopic (exact) mass is 525 g/mol. The Bertz CT molecular complexity index is 461. The van der Waals surface area contributed by atoms with Crippen LogP contribution in [0.4, 0.5) is 0 Å². The first-order valence-corrected chi connectivity index (χ1v) is 11.1. The van der Waals surface area contributed by atoms with E-state index in [9.17, 15) is 4.79 Å². The predicted molar refractivity (Wildman–Crippen MR) is 131 cm³/mol. The van der Waals surface area contributed by atoms with Gasteiger partial charge < -0.3 is 19.7 Å². The lowest BCUT2D eigenvalue weighted by molar-refractivity contribution is -0.154. The maximum Gasteiger partial charge on any atom is 0.306 e. The summed E-state index contributed by atoms with van der Waals surface area (Å²) in [5.41, 5.74) is -0.384. The van der Waals surface area contributed by atoms with Crippen molar-refractivity contribution in [1.29, 1.82) is 0 Å². The third kappa shape index (κ3) is 15.0. The van der Waals surface area contributed by atoms with E-state index in [2.05, 4.69) is 24.2 Å². The van der Waals surface area contributed by atoms with E-state index in [0.29, 0.717) is 6.42 Å². The molecule has 7 heteroatoms. The molecule has 0 unspecified atom stereocenters. The number of carbonyl (C=O) groups excluding carboxylic acids is 1. The van der Waals surface area contributed by atoms with E-state index in [1.807, 2.05) is 20.8 Å². The van der Waals surface area contributed by atoms with Gasteiger partial charge in [0.2, 0.25) is 0 Å². The fraction of sp³-hybridized carbons (Fsp3) is 0.909. The second kappa shape index (κ2) is 16.2. The lowest BCUT2D eigenvalue weighted by atomic mass is 9.96. The molecule has 0 aromatic carbocycles. The molecule has 1 aliphatic rings. The smallest absolute Gasteiger partial charge is 0.306 e. The summed E-state index contributed by atoms with van der Waals surface area (Å²) in [5, 5.41) is 3.40. The van der Waals surface area contributed by atoms with Crippen LogP contribution in [-0.2, 0) is 14.3 Å². The van der Waals surface area contributed by atoms with E-state index in [1.54, 1.807) is 0 Å². The number of guanidine groups is 1. The maximum atomic E-state index is 11.7. The van der Waals surface area contributed by atoms with Crippen molar-refractivity contribution >= 4 is 35.9 Å². The van der Waals surface area contributed by atoms with Crippen molar-refractivity contribution < 1.29 is 14.3 Å². The summed E-state index contributed by atoms with van der Waals surface area (Å²) >= 11 is 0. The Morgan fingerprint density at radius 3 is 2.45 bits per heavy atom. The van der Waals surface area contributed by atoms with E-state index in [-0.39, 0.29) is 35.5 Å². The fourth-order valence-electron chi connectivity index (χ4n) is 3.30. The Hall–Kier alpha value is -0.570. The molecule has 0 saturated carbocycles. The van der Waals surface area contributed by atoms with Crippen LogP contribution in [0.25, 0.3) is 0 Å². The van der Waals surface area contributed by atoms with Crippen LogP contribution < -0.4 is 5.32 Å². The Labute approximate surface area is 195 Å². The van der Waals surface area contributed by atoms with Gasteiger partial charge in [-0.1, -0.05) is 12.8 Å². The standard InChI is InChI=1S/C22H43N3O3.HI/c1-6-23-21(25(5)16-12-19-13-17-27-18-14-19)24-15-10-8-7-9-11-20(26)28-22(2,3)4;/h19H,6-18H2,1-5H3,(H,23,24);1H. The molecule has 1 fully saturated rings. The minimum absolute atomic E-state index is 0. The highest BCUT2D eigenvalue weighted by Crippen LogP contribution is 2.18. The van der Waals surface area contributed by atoms with Crippen molar-refractivity contribution in [3.8, 4) is 0 Å². The average Bonchev–Trinajstić information content (AvgIpc) is 2.63. The SMILES string of the molecule is CCNC(=NCCCCCCC(=O)OC(C)(C)C)N(C)CCC1CCOCC1.I. The van der Waals surface area contributed by atoms with Crippen LogP contribution in [0.5, 0.6) is 0 Å². The van der Waals surface area contributed by atoms with Crippen molar-refractivity contribution in [2.45, 2.75) is 84.7 Å². The third-order valence-corrected chi connectivity index (χ3v) is 4.88. The quantitative estimate of drug-likeness (QED) is 0.140. The molecule has 0 atom stereocenters. The van der Waals surface area contributed by atoms with Crippen molar-refractivity contribution in [3.63, 3.8) is 0 Å². The first-order valence-electron chi connectivity index (χ1n) is 11.1. The molecule has 1 heterocycles. The minimum Gasteiger partial charge on any atom is -0.460 e. The van der Waals surface area contributed by atoms with Crippen LogP contribution in [-0.4, -0.2) is 62.3 Å². The molecular weight excluding hydrogens is 481 g/mol. The molecule has 0 aliphatic carbocycles. The molecule has 172 valence electrons. The van der Waals surface area contributed by atoms with Crippen LogP contribution in [0.3, 0.4) is 0 Å². The van der Waals surface area contributed by atoms with Crippen LogP contribution in [0.15, 0.2) is 4.99 Å². The van der Waals surface area contributed by atoms with Gasteiger partial charge in [-0.05, 0) is 65.7 Å². The zero-order valence-corrected chi connectivity index (χ0v) is 21.6. The Morgan fingerprint density at radius 2 is 1.83 bits per heavy atom. The summed E-state index contributed by atoms with van der Waals surface area (Å²) in [6.07, 6.45) is 8.17. The number of unbranched alkanes of at least 4 members (excludes halogenated alkanes) is 3. The number of hydrogen-bond donors (Lipinski definition) is 1. The Morgan fingerprint density at radius 1 is 1.17 bits per heavy atom. The number of esters is 1. The molecule has 29 heavy (non-hydrogen) atoms. The second-order valence-corrected chi connectivity index (χ2v) is 8.75. The number of halogens is 1. The summed E-state index contributed by atoms with van der Waals surface area (Å²) in [6, 6.07) is 0. The van der Waals surface area contributed by atoms with E-state index in [4.69, 9.17) is 14.5 Å². The Kier molecular flexibility index (Phi) is 15.8. The molecule has 0 bridgehead atoms. The van der Waals surface area contributed by atoms with Gasteiger partial charge in [-0.2, -0.15) is 0 Å². The topological polar surface area (TPSA) is 63.2 Å². The van der Waals surface area contributed by atoms with Crippen LogP contribution in [0, 0.1) is 5.92 Å². The van der Waals surface area contributed by atoms with Gasteiger partial charge in [0.05, 0.1) is 0 Å². The lowest BCUT2D eigenvalue weighted by Crippen LogP contribution is -2.40. The average molecular weight is 526 g/mol. The summed E-state index contributed by atoms with van der Waals surface area (Å²) in [7, 11) is 2.13. The molecule has 1 aliphatic heterocycles. The van der Waals surface area contributed by atoms with Crippen LogP contribution >= 0.6 is 24.0 Å². The van der Waals surface area contributed by atoms with Gasteiger partial charge >= 0.3 is 5.97 Å². The fourth-order valence-corrected chi connectivity index (χ4v) is 3.30. The maximum absolute atomic E-state index is 11.7. The molecular formula is C22H44IN3O3. The van der Waals surface area contributed by atoms with Crippen LogP contribution in [0.2, 0.25) is 0 Å². The second-order valence-electron chi connectivity index (χ2n) is 8.75. The zero-order valence-electron chi connectivity index (χ0n) is 19.3. The number of ether oxygens (including phenoxy) is 2. The largest absolute Gasteiger partial charge is 0.460 e. The van der Waals surface area contributed by atoms with E-state index >= 15 is 0 Å². The van der Waals surface area contributed by atoms with Gasteiger partial charge in [0.15, 0.2) is 5.96 Å². The number of nitrogens with one attached hydrogen (secondary N) is 1. The highest BCUT2D eigenvalue weighted by atomic mass is 127. The molecule has 0 aromatic heterocycles. The van der Waals surface area contributed by atoms with Crippen molar-refractivity contribution in [1.82, 2.24) is 10.2 Å². The number of rotatable bonds is 11. The molecule has 6 nitrogen and oxygen atoms in total. The normalized spacial score (nSPS) is 15.6. The first-order chi connectivity index (χ1) is 13.3. The lowest BCUT2D eigenvalue weighted by Gasteiger charge is -2.26. The molecule has 0 radical (unpaired) electrons. The molecule has 1 rings (SSSR count). The van der Waals surface area contributed by atoms with E-state index < -0.39 is 0 Å². The summed E-state index contributed by atoms with van der Waals surface area (Å²) in [6.45, 7) is 12.4. The highest BCUT2D eigenvalue weighted by Gasteiger charge is 2.16.